The van der Waals surface area contributed by atoms with E-state index in [-0.39, 0.29) is 24.9 Å². The van der Waals surface area contributed by atoms with Crippen LogP contribution < -0.4 is 0 Å². The van der Waals surface area contributed by atoms with Gasteiger partial charge < -0.3 is 14.6 Å². The van der Waals surface area contributed by atoms with Gasteiger partial charge in [0.05, 0.1) is 26.1 Å². The van der Waals surface area contributed by atoms with Crippen LogP contribution in [0.15, 0.2) is 0 Å². The number of methoxy groups -OCH3 is 1. The summed E-state index contributed by atoms with van der Waals surface area (Å²) in [7, 11) is 1.58. The maximum absolute atomic E-state index is 11.1. The number of carbonyl (C=O) groups excluding carboxylic acids is 1. The van der Waals surface area contributed by atoms with E-state index in [1.807, 2.05) is 13.8 Å². The van der Waals surface area contributed by atoms with Crippen molar-refractivity contribution in [1.82, 2.24) is 0 Å². The summed E-state index contributed by atoms with van der Waals surface area (Å²) in [6.45, 7) is 4.53. The van der Waals surface area contributed by atoms with Gasteiger partial charge in [-0.15, -0.1) is 0 Å². The minimum Gasteiger partial charge on any atom is -0.481 e. The summed E-state index contributed by atoms with van der Waals surface area (Å²) >= 11 is 0. The zero-order chi connectivity index (χ0) is 11.9. The van der Waals surface area contributed by atoms with Gasteiger partial charge in [-0.1, -0.05) is 13.8 Å². The monoisotopic (exact) mass is 218 g/mol. The van der Waals surface area contributed by atoms with Gasteiger partial charge in [0.25, 0.3) is 0 Å². The van der Waals surface area contributed by atoms with Gasteiger partial charge in [-0.2, -0.15) is 0 Å². The summed E-state index contributed by atoms with van der Waals surface area (Å²) in [5.74, 6) is -1.48. The summed E-state index contributed by atoms with van der Waals surface area (Å²) in [5.41, 5.74) is -0.242. The van der Waals surface area contributed by atoms with Crippen molar-refractivity contribution >= 4 is 11.9 Å². The molecule has 0 saturated carbocycles. The first kappa shape index (κ1) is 13.9. The maximum Gasteiger partial charge on any atom is 0.306 e. The van der Waals surface area contributed by atoms with Crippen molar-refractivity contribution in [1.29, 1.82) is 0 Å². The summed E-state index contributed by atoms with van der Waals surface area (Å²) in [6.07, 6.45) is -0.276. The zero-order valence-corrected chi connectivity index (χ0v) is 9.41. The van der Waals surface area contributed by atoms with E-state index in [4.69, 9.17) is 14.6 Å². The second-order valence-corrected chi connectivity index (χ2v) is 4.15. The Labute approximate surface area is 89.4 Å². The van der Waals surface area contributed by atoms with E-state index in [1.54, 1.807) is 7.11 Å². The maximum atomic E-state index is 11.1. The first-order valence-electron chi connectivity index (χ1n) is 4.74. The molecule has 0 aromatic rings. The Morgan fingerprint density at radius 3 is 2.27 bits per heavy atom. The van der Waals surface area contributed by atoms with Crippen molar-refractivity contribution in [2.45, 2.75) is 26.7 Å². The van der Waals surface area contributed by atoms with Gasteiger partial charge >= 0.3 is 11.9 Å². The molecule has 0 radical (unpaired) electrons. The lowest BCUT2D eigenvalue weighted by Crippen LogP contribution is -2.26. The molecule has 15 heavy (non-hydrogen) atoms. The molecule has 0 amide bonds. The molecule has 0 bridgehead atoms. The Morgan fingerprint density at radius 1 is 1.20 bits per heavy atom. The summed E-state index contributed by atoms with van der Waals surface area (Å²) in [4.78, 5) is 21.3. The second kappa shape index (κ2) is 6.40. The van der Waals surface area contributed by atoms with Crippen LogP contribution in [0.5, 0.6) is 0 Å². The Balaban J connectivity index is 3.74. The molecule has 5 nitrogen and oxygen atoms in total. The normalized spacial score (nSPS) is 11.1. The van der Waals surface area contributed by atoms with Gasteiger partial charge in [-0.3, -0.25) is 9.59 Å². The fourth-order valence-electron chi connectivity index (χ4n) is 0.989. The smallest absolute Gasteiger partial charge is 0.306 e. The molecule has 0 saturated heterocycles. The number of rotatable bonds is 7. The van der Waals surface area contributed by atoms with E-state index < -0.39 is 11.9 Å². The van der Waals surface area contributed by atoms with Crippen LogP contribution in [0.25, 0.3) is 0 Å². The lowest BCUT2D eigenvalue weighted by atomic mass is 9.96. The predicted molar refractivity (Wildman–Crippen MR) is 53.5 cm³/mol. The molecule has 0 heterocycles. The van der Waals surface area contributed by atoms with Crippen LogP contribution >= 0.6 is 0 Å². The van der Waals surface area contributed by atoms with E-state index >= 15 is 0 Å². The third-order valence-electron chi connectivity index (χ3n) is 1.70. The van der Waals surface area contributed by atoms with Crippen LogP contribution in [0.4, 0.5) is 0 Å². The number of carboxylic acid groups (broad SMARTS) is 1. The molecule has 0 fully saturated rings. The number of ether oxygens (including phenoxy) is 2. The van der Waals surface area contributed by atoms with E-state index in [0.717, 1.165) is 0 Å². The molecule has 0 aliphatic rings. The van der Waals surface area contributed by atoms with E-state index in [0.29, 0.717) is 6.61 Å². The quantitative estimate of drug-likeness (QED) is 0.647. The Hall–Kier alpha value is -1.10. The highest BCUT2D eigenvalue weighted by Gasteiger charge is 2.20. The highest BCUT2D eigenvalue weighted by molar-refractivity contribution is 5.76. The molecule has 0 aliphatic carbocycles. The van der Waals surface area contributed by atoms with Gasteiger partial charge in [0, 0.05) is 12.5 Å². The van der Waals surface area contributed by atoms with Gasteiger partial charge in [-0.05, 0) is 0 Å². The first-order chi connectivity index (χ1) is 6.87. The average Bonchev–Trinajstić information content (AvgIpc) is 2.11. The molecular weight excluding hydrogens is 200 g/mol. The Bertz CT molecular complexity index is 222. The number of aliphatic carboxylic acids is 1. The third-order valence-corrected chi connectivity index (χ3v) is 1.70. The molecule has 0 rings (SSSR count). The number of esters is 1. The third kappa shape index (κ3) is 7.93. The van der Waals surface area contributed by atoms with Crippen LogP contribution in [-0.4, -0.2) is 37.4 Å². The van der Waals surface area contributed by atoms with Crippen LogP contribution in [0, 0.1) is 5.41 Å². The summed E-state index contributed by atoms with van der Waals surface area (Å²) < 4.78 is 9.88. The average molecular weight is 218 g/mol. The summed E-state index contributed by atoms with van der Waals surface area (Å²) in [5, 5.41) is 8.35. The van der Waals surface area contributed by atoms with Crippen molar-refractivity contribution < 1.29 is 24.2 Å². The molecule has 0 aromatic carbocycles. The van der Waals surface area contributed by atoms with Crippen LogP contribution in [0.3, 0.4) is 0 Å². The van der Waals surface area contributed by atoms with Gasteiger partial charge in [-0.25, -0.2) is 0 Å². The molecule has 0 aromatic heterocycles. The fraction of sp³-hybridized carbons (Fsp3) is 0.800. The Kier molecular flexibility index (Phi) is 5.93. The minimum atomic E-state index is -0.997. The number of carboxylic acids is 1. The van der Waals surface area contributed by atoms with Gasteiger partial charge in [0.1, 0.15) is 0 Å². The van der Waals surface area contributed by atoms with Gasteiger partial charge in [0.15, 0.2) is 0 Å². The van der Waals surface area contributed by atoms with E-state index in [2.05, 4.69) is 0 Å². The van der Waals surface area contributed by atoms with Crippen LogP contribution in [-0.2, 0) is 19.1 Å². The van der Waals surface area contributed by atoms with Crippen molar-refractivity contribution in [3.8, 4) is 0 Å². The molecule has 0 atom stereocenters. The number of carbonyl (C=O) groups is 2. The molecule has 5 heteroatoms. The topological polar surface area (TPSA) is 72.8 Å². The Morgan fingerprint density at radius 2 is 1.80 bits per heavy atom. The minimum absolute atomic E-state index is 0.0849. The lowest BCUT2D eigenvalue weighted by molar-refractivity contribution is -0.150. The zero-order valence-electron chi connectivity index (χ0n) is 9.41. The molecule has 0 unspecified atom stereocenters. The van der Waals surface area contributed by atoms with Crippen LogP contribution in [0.2, 0.25) is 0 Å². The van der Waals surface area contributed by atoms with E-state index in [1.165, 1.54) is 0 Å². The molecule has 0 aliphatic heterocycles. The van der Waals surface area contributed by atoms with E-state index in [9.17, 15) is 9.59 Å². The van der Waals surface area contributed by atoms with Crippen molar-refractivity contribution in [2.24, 2.45) is 5.41 Å². The number of hydrogen-bond donors (Lipinski definition) is 1. The largest absolute Gasteiger partial charge is 0.481 e. The molecule has 1 N–H and O–H groups in total. The predicted octanol–water partition coefficient (Wildman–Crippen LogP) is 1.07. The highest BCUT2D eigenvalue weighted by atomic mass is 16.5. The van der Waals surface area contributed by atoms with Crippen molar-refractivity contribution in [3.05, 3.63) is 0 Å². The standard InChI is InChI=1S/C10H18O5/c1-10(2,6-14-3)7-15-9(13)5-4-8(11)12/h4-7H2,1-3H3,(H,11,12). The number of hydrogen-bond acceptors (Lipinski definition) is 4. The molecule has 88 valence electrons. The van der Waals surface area contributed by atoms with Crippen LogP contribution in [0.1, 0.15) is 26.7 Å². The van der Waals surface area contributed by atoms with Gasteiger partial charge in [0.2, 0.25) is 0 Å². The molecular formula is C10H18O5. The summed E-state index contributed by atoms with van der Waals surface area (Å²) in [6, 6.07) is 0. The fourth-order valence-corrected chi connectivity index (χ4v) is 0.989. The second-order valence-electron chi connectivity index (χ2n) is 4.15. The lowest BCUT2D eigenvalue weighted by Gasteiger charge is -2.22. The highest BCUT2D eigenvalue weighted by Crippen LogP contribution is 2.15. The van der Waals surface area contributed by atoms with Crippen molar-refractivity contribution in [2.75, 3.05) is 20.3 Å². The molecule has 0 spiro atoms. The first-order valence-corrected chi connectivity index (χ1v) is 4.74. The SMILES string of the molecule is COCC(C)(C)COC(=O)CCC(=O)O. The van der Waals surface area contributed by atoms with Crippen molar-refractivity contribution in [3.63, 3.8) is 0 Å².